The van der Waals surface area contributed by atoms with Crippen LogP contribution < -0.4 is 10.1 Å². The van der Waals surface area contributed by atoms with Gasteiger partial charge in [0.05, 0.1) is 39.6 Å². The van der Waals surface area contributed by atoms with Crippen LogP contribution in [0.15, 0.2) is 24.3 Å². The number of benzene rings is 1. The van der Waals surface area contributed by atoms with Crippen LogP contribution in [0.5, 0.6) is 5.75 Å². The molecule has 1 aromatic rings. The molecule has 0 fully saturated rings. The number of likely N-dealkylation sites (N-methyl/N-ethyl adjacent to an activating group) is 1. The Kier molecular flexibility index (Phi) is 12.6. The van der Waals surface area contributed by atoms with Crippen molar-refractivity contribution in [2.24, 2.45) is 5.41 Å². The lowest BCUT2D eigenvalue weighted by Crippen LogP contribution is -2.17. The van der Waals surface area contributed by atoms with Crippen LogP contribution in [0.4, 0.5) is 0 Å². The predicted molar refractivity (Wildman–Crippen MR) is 109 cm³/mol. The minimum atomic E-state index is 0.0514. The average molecular weight is 378 g/mol. The van der Waals surface area contributed by atoms with Crippen molar-refractivity contribution in [3.05, 3.63) is 29.8 Å². The lowest BCUT2D eigenvalue weighted by atomic mass is 9.91. The van der Waals surface area contributed by atoms with Crippen molar-refractivity contribution in [2.75, 3.05) is 59.8 Å². The van der Waals surface area contributed by atoms with E-state index in [0.717, 1.165) is 24.3 Å². The third-order valence-corrected chi connectivity index (χ3v) is 4.02. The van der Waals surface area contributed by atoms with Gasteiger partial charge in [0.2, 0.25) is 0 Å². The molecule has 0 unspecified atom stereocenters. The van der Waals surface area contributed by atoms with Gasteiger partial charge in [-0.05, 0) is 51.6 Å². The van der Waals surface area contributed by atoms with E-state index in [1.54, 1.807) is 0 Å². The van der Waals surface area contributed by atoms with Crippen molar-refractivity contribution in [3.63, 3.8) is 0 Å². The summed E-state index contributed by atoms with van der Waals surface area (Å²) < 4.78 is 21.9. The van der Waals surface area contributed by atoms with Crippen LogP contribution in [0.3, 0.4) is 0 Å². The van der Waals surface area contributed by atoms with E-state index < -0.39 is 0 Å². The zero-order chi connectivity index (χ0) is 19.8. The molecule has 0 spiro atoms. The summed E-state index contributed by atoms with van der Waals surface area (Å²) in [7, 11) is 1.90. The molecule has 0 aliphatic rings. The van der Waals surface area contributed by atoms with Crippen molar-refractivity contribution in [2.45, 2.75) is 27.2 Å². The van der Waals surface area contributed by atoms with Gasteiger partial charge in [0.25, 0.3) is 0 Å². The first-order valence-electron chi connectivity index (χ1n) is 9.71. The first-order valence-corrected chi connectivity index (χ1v) is 9.71. The number of rotatable bonds is 14. The topological polar surface area (TPSA) is 49.0 Å². The second-order valence-electron chi connectivity index (χ2n) is 6.80. The zero-order valence-corrected chi connectivity index (χ0v) is 17.3. The SMILES string of the molecule is CCC(C)(C)C#Cc1ccc(OCCOCCOCCOCCNC)cc1. The molecule has 0 bridgehead atoms. The van der Waals surface area contributed by atoms with Gasteiger partial charge in [-0.1, -0.05) is 18.8 Å². The van der Waals surface area contributed by atoms with E-state index in [9.17, 15) is 0 Å². The Labute approximate surface area is 164 Å². The standard InChI is InChI=1S/C22H35NO4/c1-5-22(2,3)11-10-20-6-8-21(9-7-20)27-19-18-26-17-16-25-15-14-24-13-12-23-4/h6-9,23H,5,12-19H2,1-4H3. The van der Waals surface area contributed by atoms with Crippen molar-refractivity contribution >= 4 is 0 Å². The fourth-order valence-corrected chi connectivity index (χ4v) is 1.90. The highest BCUT2D eigenvalue weighted by atomic mass is 16.6. The molecule has 0 amide bonds. The lowest BCUT2D eigenvalue weighted by Gasteiger charge is -2.13. The van der Waals surface area contributed by atoms with Crippen LogP contribution in [-0.2, 0) is 14.2 Å². The smallest absolute Gasteiger partial charge is 0.119 e. The Morgan fingerprint density at radius 1 is 0.852 bits per heavy atom. The van der Waals surface area contributed by atoms with Gasteiger partial charge in [-0.15, -0.1) is 0 Å². The summed E-state index contributed by atoms with van der Waals surface area (Å²) in [5.74, 6) is 7.35. The second-order valence-corrected chi connectivity index (χ2v) is 6.80. The first kappa shape index (κ1) is 23.5. The molecular weight excluding hydrogens is 342 g/mol. The molecule has 1 rings (SSSR count). The number of hydrogen-bond donors (Lipinski definition) is 1. The molecule has 0 radical (unpaired) electrons. The first-order chi connectivity index (χ1) is 13.1. The third-order valence-electron chi connectivity index (χ3n) is 4.02. The number of hydrogen-bond acceptors (Lipinski definition) is 5. The van der Waals surface area contributed by atoms with E-state index in [0.29, 0.717) is 46.2 Å². The molecule has 5 nitrogen and oxygen atoms in total. The quantitative estimate of drug-likeness (QED) is 0.399. The monoisotopic (exact) mass is 377 g/mol. The summed E-state index contributed by atoms with van der Waals surface area (Å²) in [6.45, 7) is 11.4. The molecule has 0 saturated heterocycles. The average Bonchev–Trinajstić information content (AvgIpc) is 2.68. The molecular formula is C22H35NO4. The molecule has 0 aliphatic heterocycles. The van der Waals surface area contributed by atoms with Crippen molar-refractivity contribution in [1.29, 1.82) is 0 Å². The van der Waals surface area contributed by atoms with E-state index in [2.05, 4.69) is 37.9 Å². The van der Waals surface area contributed by atoms with E-state index in [-0.39, 0.29) is 5.41 Å². The Morgan fingerprint density at radius 3 is 1.96 bits per heavy atom. The fraction of sp³-hybridized carbons (Fsp3) is 0.636. The molecule has 0 saturated carbocycles. The van der Waals surface area contributed by atoms with Crippen LogP contribution in [0.25, 0.3) is 0 Å². The highest BCUT2D eigenvalue weighted by molar-refractivity contribution is 5.39. The molecule has 5 heteroatoms. The van der Waals surface area contributed by atoms with Crippen LogP contribution in [0, 0.1) is 17.3 Å². The highest BCUT2D eigenvalue weighted by Gasteiger charge is 2.09. The van der Waals surface area contributed by atoms with Crippen LogP contribution in [-0.4, -0.2) is 59.8 Å². The largest absolute Gasteiger partial charge is 0.491 e. The van der Waals surface area contributed by atoms with E-state index in [1.807, 2.05) is 31.3 Å². The normalized spacial score (nSPS) is 11.1. The molecule has 0 aromatic heterocycles. The summed E-state index contributed by atoms with van der Waals surface area (Å²) in [6, 6.07) is 7.86. The summed E-state index contributed by atoms with van der Waals surface area (Å²) in [5, 5.41) is 3.02. The Bertz CT molecular complexity index is 546. The van der Waals surface area contributed by atoms with Crippen molar-refractivity contribution in [3.8, 4) is 17.6 Å². The van der Waals surface area contributed by atoms with Gasteiger partial charge in [0.15, 0.2) is 0 Å². The minimum absolute atomic E-state index is 0.0514. The Morgan fingerprint density at radius 2 is 1.41 bits per heavy atom. The molecule has 27 heavy (non-hydrogen) atoms. The van der Waals surface area contributed by atoms with Crippen LogP contribution in [0.1, 0.15) is 32.8 Å². The van der Waals surface area contributed by atoms with Crippen LogP contribution in [0.2, 0.25) is 0 Å². The van der Waals surface area contributed by atoms with Gasteiger partial charge in [-0.25, -0.2) is 0 Å². The molecule has 0 aliphatic carbocycles. The second kappa shape index (κ2) is 14.5. The Balaban J connectivity index is 2.05. The minimum Gasteiger partial charge on any atom is -0.491 e. The maximum Gasteiger partial charge on any atom is 0.119 e. The third kappa shape index (κ3) is 12.4. The number of ether oxygens (including phenoxy) is 4. The van der Waals surface area contributed by atoms with Gasteiger partial charge in [0.1, 0.15) is 12.4 Å². The van der Waals surface area contributed by atoms with E-state index in [4.69, 9.17) is 18.9 Å². The molecule has 0 atom stereocenters. The van der Waals surface area contributed by atoms with Gasteiger partial charge in [0, 0.05) is 17.5 Å². The molecule has 1 aromatic carbocycles. The molecule has 1 N–H and O–H groups in total. The summed E-state index contributed by atoms with van der Waals surface area (Å²) in [5.41, 5.74) is 1.06. The van der Waals surface area contributed by atoms with Gasteiger partial charge < -0.3 is 24.3 Å². The summed E-state index contributed by atoms with van der Waals surface area (Å²) >= 11 is 0. The molecule has 152 valence electrons. The van der Waals surface area contributed by atoms with Gasteiger partial charge >= 0.3 is 0 Å². The highest BCUT2D eigenvalue weighted by Crippen LogP contribution is 2.18. The maximum absolute atomic E-state index is 5.67. The van der Waals surface area contributed by atoms with Gasteiger partial charge in [-0.3, -0.25) is 0 Å². The Hall–Kier alpha value is -1.58. The van der Waals surface area contributed by atoms with Gasteiger partial charge in [-0.2, -0.15) is 0 Å². The molecule has 0 heterocycles. The predicted octanol–water partition coefficient (Wildman–Crippen LogP) is 3.12. The zero-order valence-electron chi connectivity index (χ0n) is 17.3. The fourth-order valence-electron chi connectivity index (χ4n) is 1.90. The van der Waals surface area contributed by atoms with Crippen LogP contribution >= 0.6 is 0 Å². The lowest BCUT2D eigenvalue weighted by molar-refractivity contribution is 0.0100. The maximum atomic E-state index is 5.67. The number of nitrogens with one attached hydrogen (secondary N) is 1. The van der Waals surface area contributed by atoms with Crippen molar-refractivity contribution in [1.82, 2.24) is 5.32 Å². The van der Waals surface area contributed by atoms with Crippen molar-refractivity contribution < 1.29 is 18.9 Å². The van der Waals surface area contributed by atoms with E-state index in [1.165, 1.54) is 0 Å². The summed E-state index contributed by atoms with van der Waals surface area (Å²) in [6.07, 6.45) is 1.04. The summed E-state index contributed by atoms with van der Waals surface area (Å²) in [4.78, 5) is 0. The van der Waals surface area contributed by atoms with E-state index >= 15 is 0 Å².